The topological polar surface area (TPSA) is 22.1 Å². The number of rotatable bonds is 1. The molecule has 0 aliphatic rings. The molecule has 0 spiro atoms. The monoisotopic (exact) mass is 187 g/mol. The lowest BCUT2D eigenvalue weighted by molar-refractivity contribution is 0.397. The molecule has 1 rings (SSSR count). The van der Waals surface area contributed by atoms with Crippen molar-refractivity contribution < 1.29 is 4.74 Å². The van der Waals surface area contributed by atoms with Crippen molar-refractivity contribution in [2.75, 3.05) is 7.11 Å². The third-order valence-electron chi connectivity index (χ3n) is 1.12. The summed E-state index contributed by atoms with van der Waals surface area (Å²) in [6.07, 6.45) is 0. The highest BCUT2D eigenvalue weighted by atomic mass is 35.5. The molecule has 0 saturated carbocycles. The number of ether oxygens (including phenoxy) is 1. The molecule has 68 valence electrons. The fraction of sp³-hybridized carbons (Fsp3) is 0.444. The Hall–Kier alpha value is -0.760. The van der Waals surface area contributed by atoms with Gasteiger partial charge in [0.25, 0.3) is 0 Å². The van der Waals surface area contributed by atoms with Gasteiger partial charge in [-0.15, -0.1) is 0 Å². The number of nitrogens with zero attached hydrogens (tertiary/aromatic N) is 1. The van der Waals surface area contributed by atoms with E-state index in [9.17, 15) is 0 Å². The van der Waals surface area contributed by atoms with Gasteiger partial charge in [-0.05, 0) is 18.6 Å². The van der Waals surface area contributed by atoms with E-state index in [0.29, 0.717) is 11.0 Å². The van der Waals surface area contributed by atoms with Crippen molar-refractivity contribution in [1.29, 1.82) is 0 Å². The second kappa shape index (κ2) is 5.84. The Kier molecular flexibility index (Phi) is 5.47. The van der Waals surface area contributed by atoms with Gasteiger partial charge in [-0.1, -0.05) is 25.4 Å². The van der Waals surface area contributed by atoms with Crippen molar-refractivity contribution in [1.82, 2.24) is 4.98 Å². The van der Waals surface area contributed by atoms with E-state index in [1.807, 2.05) is 26.8 Å². The Morgan fingerprint density at radius 2 is 1.92 bits per heavy atom. The molecular formula is C9H14ClNO. The molecule has 0 aliphatic heterocycles. The first-order valence-electron chi connectivity index (χ1n) is 3.90. The molecule has 0 saturated heterocycles. The molecule has 0 bridgehead atoms. The molecule has 1 heterocycles. The van der Waals surface area contributed by atoms with Gasteiger partial charge in [0.2, 0.25) is 5.88 Å². The van der Waals surface area contributed by atoms with Crippen molar-refractivity contribution in [2.45, 2.75) is 20.8 Å². The van der Waals surface area contributed by atoms with Gasteiger partial charge >= 0.3 is 0 Å². The summed E-state index contributed by atoms with van der Waals surface area (Å²) in [6.45, 7) is 5.94. The minimum atomic E-state index is 0.469. The van der Waals surface area contributed by atoms with Gasteiger partial charge in [-0.2, -0.15) is 0 Å². The van der Waals surface area contributed by atoms with Crippen LogP contribution in [0.5, 0.6) is 5.88 Å². The highest BCUT2D eigenvalue weighted by molar-refractivity contribution is 6.29. The number of aryl methyl sites for hydroxylation is 1. The lowest BCUT2D eigenvalue weighted by Gasteiger charge is -1.99. The van der Waals surface area contributed by atoms with Crippen LogP contribution in [0, 0.1) is 6.92 Å². The van der Waals surface area contributed by atoms with Crippen molar-refractivity contribution >= 4 is 11.6 Å². The van der Waals surface area contributed by atoms with Crippen LogP contribution in [0.15, 0.2) is 12.1 Å². The number of halogens is 1. The van der Waals surface area contributed by atoms with Crippen LogP contribution in [0.1, 0.15) is 19.4 Å². The Balaban J connectivity index is 0.000000561. The standard InChI is InChI=1S/C7H8ClNO.C2H6/c1-5-3-6(8)9-7(4-5)10-2;1-2/h3-4H,1-2H3;1-2H3. The quantitative estimate of drug-likeness (QED) is 0.631. The van der Waals surface area contributed by atoms with E-state index >= 15 is 0 Å². The van der Waals surface area contributed by atoms with Crippen LogP contribution in [0.25, 0.3) is 0 Å². The average Bonchev–Trinajstić information content (AvgIpc) is 2.06. The maximum Gasteiger partial charge on any atom is 0.214 e. The molecule has 0 unspecified atom stereocenters. The molecule has 2 nitrogen and oxygen atoms in total. The zero-order valence-electron chi connectivity index (χ0n) is 7.89. The summed E-state index contributed by atoms with van der Waals surface area (Å²) >= 11 is 5.64. The summed E-state index contributed by atoms with van der Waals surface area (Å²) in [5, 5.41) is 0.469. The SMILES string of the molecule is CC.COc1cc(C)cc(Cl)n1. The second-order valence-corrected chi connectivity index (χ2v) is 2.40. The van der Waals surface area contributed by atoms with Crippen LogP contribution in [0.4, 0.5) is 0 Å². The summed E-state index contributed by atoms with van der Waals surface area (Å²) < 4.78 is 4.88. The zero-order chi connectivity index (χ0) is 9.56. The first-order valence-corrected chi connectivity index (χ1v) is 4.28. The molecule has 0 radical (unpaired) electrons. The Morgan fingerprint density at radius 1 is 1.33 bits per heavy atom. The van der Waals surface area contributed by atoms with Gasteiger partial charge < -0.3 is 4.74 Å². The lowest BCUT2D eigenvalue weighted by Crippen LogP contribution is -1.87. The van der Waals surface area contributed by atoms with E-state index in [1.165, 1.54) is 0 Å². The normalized spacial score (nSPS) is 8.42. The minimum absolute atomic E-state index is 0.469. The number of aromatic nitrogens is 1. The molecule has 0 amide bonds. The van der Waals surface area contributed by atoms with E-state index in [1.54, 1.807) is 13.2 Å². The summed E-state index contributed by atoms with van der Waals surface area (Å²) in [5.41, 5.74) is 1.05. The molecule has 0 aromatic carbocycles. The molecule has 12 heavy (non-hydrogen) atoms. The molecule has 3 heteroatoms. The number of methoxy groups -OCH3 is 1. The maximum absolute atomic E-state index is 5.64. The molecule has 0 N–H and O–H groups in total. The molecular weight excluding hydrogens is 174 g/mol. The highest BCUT2D eigenvalue weighted by Crippen LogP contribution is 2.14. The van der Waals surface area contributed by atoms with Crippen molar-refractivity contribution in [3.8, 4) is 5.88 Å². The number of pyridine rings is 1. The first kappa shape index (κ1) is 11.2. The van der Waals surface area contributed by atoms with Crippen LogP contribution >= 0.6 is 11.6 Å². The smallest absolute Gasteiger partial charge is 0.214 e. The van der Waals surface area contributed by atoms with Crippen molar-refractivity contribution in [3.05, 3.63) is 22.8 Å². The van der Waals surface area contributed by atoms with Crippen LogP contribution in [0.2, 0.25) is 5.15 Å². The second-order valence-electron chi connectivity index (χ2n) is 2.01. The summed E-state index contributed by atoms with van der Waals surface area (Å²) in [6, 6.07) is 3.61. The van der Waals surface area contributed by atoms with Crippen LogP contribution in [0.3, 0.4) is 0 Å². The summed E-state index contributed by atoms with van der Waals surface area (Å²) in [7, 11) is 1.57. The third kappa shape index (κ3) is 3.58. The van der Waals surface area contributed by atoms with Gasteiger partial charge in [0.05, 0.1) is 7.11 Å². The predicted octanol–water partition coefficient (Wildman–Crippen LogP) is 3.08. The molecule has 0 atom stereocenters. The van der Waals surface area contributed by atoms with Gasteiger partial charge in [0, 0.05) is 6.07 Å². The third-order valence-corrected chi connectivity index (χ3v) is 1.32. The summed E-state index contributed by atoms with van der Waals surface area (Å²) in [4.78, 5) is 3.90. The zero-order valence-corrected chi connectivity index (χ0v) is 8.64. The lowest BCUT2D eigenvalue weighted by atomic mass is 10.3. The van der Waals surface area contributed by atoms with Crippen LogP contribution in [-0.2, 0) is 0 Å². The highest BCUT2D eigenvalue weighted by Gasteiger charge is 1.95. The predicted molar refractivity (Wildman–Crippen MR) is 51.9 cm³/mol. The fourth-order valence-corrected chi connectivity index (χ4v) is 0.954. The van der Waals surface area contributed by atoms with Gasteiger partial charge in [-0.3, -0.25) is 0 Å². The van der Waals surface area contributed by atoms with Crippen LogP contribution < -0.4 is 4.74 Å². The number of hydrogen-bond acceptors (Lipinski definition) is 2. The Morgan fingerprint density at radius 3 is 2.33 bits per heavy atom. The van der Waals surface area contributed by atoms with E-state index in [4.69, 9.17) is 16.3 Å². The maximum atomic E-state index is 5.64. The molecule has 0 aliphatic carbocycles. The van der Waals surface area contributed by atoms with Crippen molar-refractivity contribution in [2.24, 2.45) is 0 Å². The van der Waals surface area contributed by atoms with E-state index < -0.39 is 0 Å². The Bertz CT molecular complexity index is 218. The number of hydrogen-bond donors (Lipinski definition) is 0. The largest absolute Gasteiger partial charge is 0.481 e. The van der Waals surface area contributed by atoms with E-state index in [0.717, 1.165) is 5.56 Å². The minimum Gasteiger partial charge on any atom is -0.481 e. The molecule has 1 aromatic rings. The Labute approximate surface area is 78.5 Å². The van der Waals surface area contributed by atoms with Crippen molar-refractivity contribution in [3.63, 3.8) is 0 Å². The average molecular weight is 188 g/mol. The molecule has 1 aromatic heterocycles. The van der Waals surface area contributed by atoms with Gasteiger partial charge in [0.15, 0.2) is 0 Å². The fourth-order valence-electron chi connectivity index (χ4n) is 0.699. The van der Waals surface area contributed by atoms with E-state index in [-0.39, 0.29) is 0 Å². The molecule has 0 fully saturated rings. The van der Waals surface area contributed by atoms with Crippen LogP contribution in [-0.4, -0.2) is 12.1 Å². The van der Waals surface area contributed by atoms with E-state index in [2.05, 4.69) is 4.98 Å². The first-order chi connectivity index (χ1) is 5.72. The van der Waals surface area contributed by atoms with Gasteiger partial charge in [0.1, 0.15) is 5.15 Å². The summed E-state index contributed by atoms with van der Waals surface area (Å²) in [5.74, 6) is 0.560. The van der Waals surface area contributed by atoms with Gasteiger partial charge in [-0.25, -0.2) is 4.98 Å².